The van der Waals surface area contributed by atoms with Crippen molar-refractivity contribution in [3.63, 3.8) is 0 Å². The molecule has 0 N–H and O–H groups in total. The molecule has 0 bridgehead atoms. The Morgan fingerprint density at radius 2 is 2.10 bits per heavy atom. The molecule has 0 fully saturated rings. The van der Waals surface area contributed by atoms with Gasteiger partial charge in [-0.15, -0.1) is 11.8 Å². The van der Waals surface area contributed by atoms with Crippen molar-refractivity contribution >= 4 is 33.5 Å². The van der Waals surface area contributed by atoms with Crippen LogP contribution in [0.5, 0.6) is 5.75 Å². The van der Waals surface area contributed by atoms with Crippen molar-refractivity contribution in [2.45, 2.75) is 11.3 Å². The Bertz CT molecular complexity index is 646. The van der Waals surface area contributed by atoms with E-state index in [0.717, 1.165) is 9.37 Å². The zero-order valence-electron chi connectivity index (χ0n) is 11.4. The summed E-state index contributed by atoms with van der Waals surface area (Å²) in [7, 11) is 1.41. The number of hydrogen-bond acceptors (Lipinski definition) is 3. The summed E-state index contributed by atoms with van der Waals surface area (Å²) in [6, 6.07) is 12.4. The van der Waals surface area contributed by atoms with Gasteiger partial charge >= 0.3 is 0 Å². The maximum atomic E-state index is 13.5. The molecule has 0 saturated heterocycles. The fourth-order valence-electron chi connectivity index (χ4n) is 1.82. The fraction of sp³-hybridized carbons (Fsp3) is 0.188. The zero-order chi connectivity index (χ0) is 15.2. The molecule has 0 radical (unpaired) electrons. The number of benzene rings is 2. The monoisotopic (exact) mass is 368 g/mol. The Kier molecular flexibility index (Phi) is 5.82. The molecule has 2 aromatic rings. The van der Waals surface area contributed by atoms with Crippen LogP contribution < -0.4 is 4.74 Å². The van der Waals surface area contributed by atoms with E-state index in [1.165, 1.54) is 24.9 Å². The van der Waals surface area contributed by atoms with Crippen molar-refractivity contribution in [3.8, 4) is 5.75 Å². The summed E-state index contributed by atoms with van der Waals surface area (Å²) in [6.45, 7) is 0. The molecule has 21 heavy (non-hydrogen) atoms. The Hall–Kier alpha value is -1.33. The van der Waals surface area contributed by atoms with Crippen LogP contribution >= 0.6 is 27.7 Å². The van der Waals surface area contributed by atoms with Crippen molar-refractivity contribution in [3.05, 3.63) is 58.3 Å². The first-order valence-corrected chi connectivity index (χ1v) is 8.09. The summed E-state index contributed by atoms with van der Waals surface area (Å²) >= 11 is 4.87. The van der Waals surface area contributed by atoms with Crippen LogP contribution in [0, 0.1) is 5.82 Å². The lowest BCUT2D eigenvalue weighted by Crippen LogP contribution is -2.06. The van der Waals surface area contributed by atoms with Crippen LogP contribution in [-0.2, 0) is 11.2 Å². The van der Waals surface area contributed by atoms with Crippen LogP contribution in [0.4, 0.5) is 4.39 Å². The van der Waals surface area contributed by atoms with E-state index in [1.54, 1.807) is 12.1 Å². The van der Waals surface area contributed by atoms with Gasteiger partial charge < -0.3 is 4.74 Å². The van der Waals surface area contributed by atoms with Gasteiger partial charge in [0.2, 0.25) is 0 Å². The van der Waals surface area contributed by atoms with Gasteiger partial charge in [-0.25, -0.2) is 4.39 Å². The molecule has 2 rings (SSSR count). The highest BCUT2D eigenvalue weighted by atomic mass is 79.9. The lowest BCUT2D eigenvalue weighted by molar-refractivity contribution is -0.116. The first kappa shape index (κ1) is 16.0. The normalized spacial score (nSPS) is 10.4. The molecule has 0 aliphatic carbocycles. The highest BCUT2D eigenvalue weighted by Gasteiger charge is 2.08. The molecule has 110 valence electrons. The summed E-state index contributed by atoms with van der Waals surface area (Å²) in [5.41, 5.74) is 0.660. The highest BCUT2D eigenvalue weighted by molar-refractivity contribution is 9.10. The molecule has 5 heteroatoms. The number of ether oxygens (including phenoxy) is 1. The second-order valence-electron chi connectivity index (χ2n) is 4.43. The predicted molar refractivity (Wildman–Crippen MR) is 86.5 cm³/mol. The number of Topliss-reactive ketones (excluding diaryl/α,β-unsaturated/α-hetero) is 1. The van der Waals surface area contributed by atoms with Gasteiger partial charge in [0.1, 0.15) is 5.78 Å². The van der Waals surface area contributed by atoms with Gasteiger partial charge in [0.05, 0.1) is 12.9 Å². The summed E-state index contributed by atoms with van der Waals surface area (Å²) in [5.74, 6) is 0.172. The number of methoxy groups -OCH3 is 1. The third-order valence-electron chi connectivity index (χ3n) is 2.81. The number of halogens is 2. The van der Waals surface area contributed by atoms with Crippen LogP contribution in [0.25, 0.3) is 0 Å². The molecular formula is C16H14BrFO2S. The minimum atomic E-state index is -0.442. The zero-order valence-corrected chi connectivity index (χ0v) is 13.8. The maximum absolute atomic E-state index is 13.5. The van der Waals surface area contributed by atoms with Crippen LogP contribution in [0.3, 0.4) is 0 Å². The van der Waals surface area contributed by atoms with Crippen LogP contribution in [-0.4, -0.2) is 18.6 Å². The van der Waals surface area contributed by atoms with E-state index < -0.39 is 5.82 Å². The molecule has 2 nitrogen and oxygen atoms in total. The van der Waals surface area contributed by atoms with E-state index in [0.29, 0.717) is 11.3 Å². The van der Waals surface area contributed by atoms with Gasteiger partial charge in [0.15, 0.2) is 11.6 Å². The van der Waals surface area contributed by atoms with E-state index in [1.807, 2.05) is 24.3 Å². The maximum Gasteiger partial charge on any atom is 0.165 e. The van der Waals surface area contributed by atoms with Crippen molar-refractivity contribution in [1.29, 1.82) is 0 Å². The number of rotatable bonds is 6. The van der Waals surface area contributed by atoms with E-state index in [9.17, 15) is 9.18 Å². The molecule has 0 spiro atoms. The number of hydrogen-bond donors (Lipinski definition) is 0. The van der Waals surface area contributed by atoms with Crippen LogP contribution in [0.1, 0.15) is 5.56 Å². The average molecular weight is 369 g/mol. The first-order valence-electron chi connectivity index (χ1n) is 6.31. The molecule has 0 atom stereocenters. The van der Waals surface area contributed by atoms with Gasteiger partial charge in [-0.3, -0.25) is 4.79 Å². The van der Waals surface area contributed by atoms with E-state index in [4.69, 9.17) is 4.74 Å². The lowest BCUT2D eigenvalue weighted by Gasteiger charge is -2.05. The molecule has 0 aliphatic rings. The Balaban J connectivity index is 1.91. The molecular weight excluding hydrogens is 355 g/mol. The predicted octanol–water partition coefficient (Wildman–Crippen LogP) is 4.50. The molecule has 0 amide bonds. The van der Waals surface area contributed by atoms with Crippen molar-refractivity contribution in [2.75, 3.05) is 12.9 Å². The van der Waals surface area contributed by atoms with Crippen LogP contribution in [0.2, 0.25) is 0 Å². The second-order valence-corrected chi connectivity index (χ2v) is 6.39. The molecule has 0 aromatic heterocycles. The molecule has 0 saturated carbocycles. The number of thioether (sulfide) groups is 1. The van der Waals surface area contributed by atoms with Gasteiger partial charge in [-0.2, -0.15) is 0 Å². The van der Waals surface area contributed by atoms with Crippen molar-refractivity contribution in [2.24, 2.45) is 0 Å². The summed E-state index contributed by atoms with van der Waals surface area (Å²) in [6.07, 6.45) is 0.224. The summed E-state index contributed by atoms with van der Waals surface area (Å²) in [4.78, 5) is 13.0. The van der Waals surface area contributed by atoms with Gasteiger partial charge in [-0.1, -0.05) is 28.1 Å². The van der Waals surface area contributed by atoms with Crippen LogP contribution in [0.15, 0.2) is 51.8 Å². The summed E-state index contributed by atoms with van der Waals surface area (Å²) in [5, 5.41) is 0. The highest BCUT2D eigenvalue weighted by Crippen LogP contribution is 2.23. The van der Waals surface area contributed by atoms with E-state index in [2.05, 4.69) is 15.9 Å². The Labute approximate surface area is 135 Å². The molecule has 0 aliphatic heterocycles. The van der Waals surface area contributed by atoms with Gasteiger partial charge in [0, 0.05) is 15.8 Å². The standard InChI is InChI=1S/C16H14BrFO2S/c1-20-16-6-5-11(8-15(16)18)7-13(19)10-21-14-4-2-3-12(17)9-14/h2-6,8-9H,7,10H2,1H3. The Morgan fingerprint density at radius 1 is 1.29 bits per heavy atom. The topological polar surface area (TPSA) is 26.3 Å². The van der Waals surface area contributed by atoms with E-state index >= 15 is 0 Å². The SMILES string of the molecule is COc1ccc(CC(=O)CSc2cccc(Br)c2)cc1F. The quantitative estimate of drug-likeness (QED) is 0.702. The third kappa shape index (κ3) is 4.86. The number of ketones is 1. The largest absolute Gasteiger partial charge is 0.494 e. The summed E-state index contributed by atoms with van der Waals surface area (Å²) < 4.78 is 19.4. The molecule has 0 unspecified atom stereocenters. The lowest BCUT2D eigenvalue weighted by atomic mass is 10.1. The first-order chi connectivity index (χ1) is 10.1. The average Bonchev–Trinajstić information content (AvgIpc) is 2.45. The van der Waals surface area contributed by atoms with Gasteiger partial charge in [0.25, 0.3) is 0 Å². The molecule has 2 aromatic carbocycles. The minimum Gasteiger partial charge on any atom is -0.494 e. The van der Waals surface area contributed by atoms with Crippen molar-refractivity contribution < 1.29 is 13.9 Å². The van der Waals surface area contributed by atoms with Gasteiger partial charge in [-0.05, 0) is 35.9 Å². The van der Waals surface area contributed by atoms with Crippen molar-refractivity contribution in [1.82, 2.24) is 0 Å². The second kappa shape index (κ2) is 7.61. The fourth-order valence-corrected chi connectivity index (χ4v) is 3.18. The third-order valence-corrected chi connectivity index (χ3v) is 4.36. The van der Waals surface area contributed by atoms with E-state index in [-0.39, 0.29) is 18.0 Å². The molecule has 0 heterocycles. The number of carbonyl (C=O) groups is 1. The minimum absolute atomic E-state index is 0.0598. The Morgan fingerprint density at radius 3 is 2.76 bits per heavy atom. The number of carbonyl (C=O) groups excluding carboxylic acids is 1. The smallest absolute Gasteiger partial charge is 0.165 e.